The Balaban J connectivity index is 1.94. The number of ketones is 1. The fourth-order valence-electron chi connectivity index (χ4n) is 4.21. The number of methoxy groups -OCH3 is 1. The molecule has 0 aliphatic carbocycles. The number of nitrogens with zero attached hydrogens (tertiary/aromatic N) is 1. The molecule has 1 aliphatic heterocycles. The van der Waals surface area contributed by atoms with Crippen molar-refractivity contribution in [3.63, 3.8) is 0 Å². The summed E-state index contributed by atoms with van der Waals surface area (Å²) in [5.74, 6) is -0.729. The number of ether oxygens (including phenoxy) is 2. The fraction of sp³-hybridized carbons (Fsp3) is 0.214. The van der Waals surface area contributed by atoms with Crippen LogP contribution in [0.1, 0.15) is 36.6 Å². The molecule has 1 N–H and O–H groups in total. The van der Waals surface area contributed by atoms with E-state index in [2.05, 4.69) is 0 Å². The standard InChI is InChI=1S/C28H27NO5/c1-17(2)34-21-12-8-11-20(16-21)26(30)24-25(19-10-7-9-18(3)15-19)29(28(32)27(24)31)22-13-5-6-14-23(22)33-4/h5-17,25,30H,1-4H3/b26-24-. The van der Waals surface area contributed by atoms with Crippen molar-refractivity contribution in [2.45, 2.75) is 32.9 Å². The van der Waals surface area contributed by atoms with Crippen LogP contribution in [0.3, 0.4) is 0 Å². The Kier molecular flexibility index (Phi) is 6.41. The van der Waals surface area contributed by atoms with Crippen LogP contribution in [-0.4, -0.2) is 30.0 Å². The van der Waals surface area contributed by atoms with Crippen molar-refractivity contribution in [1.82, 2.24) is 0 Å². The first-order valence-corrected chi connectivity index (χ1v) is 11.1. The predicted octanol–water partition coefficient (Wildman–Crippen LogP) is 5.42. The van der Waals surface area contributed by atoms with Gasteiger partial charge in [0.25, 0.3) is 11.7 Å². The number of benzene rings is 3. The van der Waals surface area contributed by atoms with Gasteiger partial charge >= 0.3 is 0 Å². The molecular weight excluding hydrogens is 430 g/mol. The van der Waals surface area contributed by atoms with E-state index < -0.39 is 17.7 Å². The Labute approximate surface area is 199 Å². The maximum absolute atomic E-state index is 13.4. The van der Waals surface area contributed by atoms with E-state index in [1.165, 1.54) is 12.0 Å². The van der Waals surface area contributed by atoms with Crippen LogP contribution in [0.4, 0.5) is 5.69 Å². The number of aryl methyl sites for hydroxylation is 1. The van der Waals surface area contributed by atoms with Crippen LogP contribution in [-0.2, 0) is 9.59 Å². The SMILES string of the molecule is COc1ccccc1N1C(=O)C(=O)/C(=C(\O)c2cccc(OC(C)C)c2)C1c1cccc(C)c1. The molecular formula is C28H27NO5. The second-order valence-electron chi connectivity index (χ2n) is 8.45. The van der Waals surface area contributed by atoms with E-state index in [4.69, 9.17) is 9.47 Å². The summed E-state index contributed by atoms with van der Waals surface area (Å²) in [6.07, 6.45) is -0.0548. The molecule has 3 aromatic rings. The van der Waals surface area contributed by atoms with Crippen molar-refractivity contribution in [2.75, 3.05) is 12.0 Å². The summed E-state index contributed by atoms with van der Waals surface area (Å²) < 4.78 is 11.2. The first kappa shape index (κ1) is 23.1. The molecule has 1 fully saturated rings. The molecule has 1 aliphatic rings. The summed E-state index contributed by atoms with van der Waals surface area (Å²) >= 11 is 0. The maximum Gasteiger partial charge on any atom is 0.300 e. The number of carbonyl (C=O) groups is 2. The zero-order valence-corrected chi connectivity index (χ0v) is 19.6. The van der Waals surface area contributed by atoms with Crippen molar-refractivity contribution in [3.8, 4) is 11.5 Å². The van der Waals surface area contributed by atoms with Gasteiger partial charge in [0.1, 0.15) is 17.3 Å². The topological polar surface area (TPSA) is 76.1 Å². The van der Waals surface area contributed by atoms with E-state index in [9.17, 15) is 14.7 Å². The van der Waals surface area contributed by atoms with Crippen LogP contribution in [0.15, 0.2) is 78.4 Å². The summed E-state index contributed by atoms with van der Waals surface area (Å²) in [6, 6.07) is 20.6. The van der Waals surface area contributed by atoms with E-state index in [1.807, 2.05) is 45.0 Å². The van der Waals surface area contributed by atoms with Gasteiger partial charge in [-0.05, 0) is 50.6 Å². The molecule has 0 aromatic heterocycles. The number of rotatable bonds is 6. The molecule has 0 radical (unpaired) electrons. The van der Waals surface area contributed by atoms with Gasteiger partial charge in [0.15, 0.2) is 0 Å². The molecule has 3 aromatic carbocycles. The third-order valence-corrected chi connectivity index (χ3v) is 5.63. The molecule has 34 heavy (non-hydrogen) atoms. The summed E-state index contributed by atoms with van der Waals surface area (Å²) in [6.45, 7) is 5.75. The molecule has 1 unspecified atom stereocenters. The van der Waals surface area contributed by atoms with Crippen LogP contribution < -0.4 is 14.4 Å². The zero-order chi connectivity index (χ0) is 24.4. The van der Waals surface area contributed by atoms with Crippen molar-refractivity contribution in [1.29, 1.82) is 0 Å². The van der Waals surface area contributed by atoms with Crippen LogP contribution in [0, 0.1) is 6.92 Å². The molecule has 1 saturated heterocycles. The third-order valence-electron chi connectivity index (χ3n) is 5.63. The van der Waals surface area contributed by atoms with Crippen molar-refractivity contribution >= 4 is 23.1 Å². The summed E-state index contributed by atoms with van der Waals surface area (Å²) in [7, 11) is 1.51. The van der Waals surface area contributed by atoms with Crippen LogP contribution in [0.2, 0.25) is 0 Å². The molecule has 174 valence electrons. The summed E-state index contributed by atoms with van der Waals surface area (Å²) in [5.41, 5.74) is 2.54. The molecule has 4 rings (SSSR count). The van der Waals surface area contributed by atoms with Crippen LogP contribution >= 0.6 is 0 Å². The van der Waals surface area contributed by atoms with E-state index in [0.717, 1.165) is 5.56 Å². The lowest BCUT2D eigenvalue weighted by Gasteiger charge is -2.27. The molecule has 0 bridgehead atoms. The highest BCUT2D eigenvalue weighted by molar-refractivity contribution is 6.51. The van der Waals surface area contributed by atoms with Crippen LogP contribution in [0.5, 0.6) is 11.5 Å². The minimum atomic E-state index is -0.828. The van der Waals surface area contributed by atoms with Gasteiger partial charge in [0.05, 0.1) is 30.5 Å². The van der Waals surface area contributed by atoms with Gasteiger partial charge in [-0.15, -0.1) is 0 Å². The largest absolute Gasteiger partial charge is 0.507 e. The lowest BCUT2D eigenvalue weighted by Crippen LogP contribution is -2.29. The van der Waals surface area contributed by atoms with Gasteiger partial charge in [-0.1, -0.05) is 54.1 Å². The average molecular weight is 458 g/mol. The highest BCUT2D eigenvalue weighted by atomic mass is 16.5. The van der Waals surface area contributed by atoms with Gasteiger partial charge < -0.3 is 14.6 Å². The predicted molar refractivity (Wildman–Crippen MR) is 131 cm³/mol. The number of amides is 1. The Bertz CT molecular complexity index is 1280. The van der Waals surface area contributed by atoms with E-state index in [1.54, 1.807) is 48.5 Å². The van der Waals surface area contributed by atoms with Gasteiger partial charge in [0, 0.05) is 5.56 Å². The first-order valence-electron chi connectivity index (χ1n) is 11.1. The number of aliphatic hydroxyl groups excluding tert-OH is 1. The molecule has 1 amide bonds. The smallest absolute Gasteiger partial charge is 0.300 e. The minimum Gasteiger partial charge on any atom is -0.507 e. The number of aliphatic hydroxyl groups is 1. The lowest BCUT2D eigenvalue weighted by atomic mass is 9.94. The Morgan fingerprint density at radius 3 is 2.41 bits per heavy atom. The number of carbonyl (C=O) groups excluding carboxylic acids is 2. The highest BCUT2D eigenvalue weighted by Crippen LogP contribution is 2.45. The molecule has 6 heteroatoms. The van der Waals surface area contributed by atoms with Crippen molar-refractivity contribution < 1.29 is 24.2 Å². The Morgan fingerprint density at radius 1 is 0.971 bits per heavy atom. The number of anilines is 1. The first-order chi connectivity index (χ1) is 16.3. The molecule has 6 nitrogen and oxygen atoms in total. The van der Waals surface area contributed by atoms with Crippen molar-refractivity contribution in [2.24, 2.45) is 0 Å². The van der Waals surface area contributed by atoms with Gasteiger partial charge in [-0.25, -0.2) is 0 Å². The monoisotopic (exact) mass is 457 g/mol. The molecule has 0 spiro atoms. The van der Waals surface area contributed by atoms with Crippen molar-refractivity contribution in [3.05, 3.63) is 95.1 Å². The normalized spacial score (nSPS) is 17.3. The second kappa shape index (κ2) is 9.43. The van der Waals surface area contributed by atoms with Gasteiger partial charge in [-0.2, -0.15) is 0 Å². The van der Waals surface area contributed by atoms with E-state index in [0.29, 0.717) is 28.3 Å². The summed E-state index contributed by atoms with van der Waals surface area (Å²) in [4.78, 5) is 28.1. The number of para-hydroxylation sites is 2. The Morgan fingerprint density at radius 2 is 1.71 bits per heavy atom. The van der Waals surface area contributed by atoms with E-state index in [-0.39, 0.29) is 17.4 Å². The van der Waals surface area contributed by atoms with Crippen LogP contribution in [0.25, 0.3) is 5.76 Å². The van der Waals surface area contributed by atoms with Gasteiger partial charge in [-0.3, -0.25) is 14.5 Å². The number of Topliss-reactive ketones (excluding diaryl/α,β-unsaturated/α-hetero) is 1. The number of hydrogen-bond donors (Lipinski definition) is 1. The Hall–Kier alpha value is -4.06. The van der Waals surface area contributed by atoms with E-state index >= 15 is 0 Å². The quantitative estimate of drug-likeness (QED) is 0.304. The fourth-order valence-corrected chi connectivity index (χ4v) is 4.21. The highest BCUT2D eigenvalue weighted by Gasteiger charge is 2.47. The number of hydrogen-bond acceptors (Lipinski definition) is 5. The lowest BCUT2D eigenvalue weighted by molar-refractivity contribution is -0.132. The molecule has 1 heterocycles. The maximum atomic E-state index is 13.4. The molecule has 1 atom stereocenters. The third kappa shape index (κ3) is 4.27. The minimum absolute atomic E-state index is 0.0169. The molecule has 0 saturated carbocycles. The second-order valence-corrected chi connectivity index (χ2v) is 8.45. The average Bonchev–Trinajstić information content (AvgIpc) is 3.08. The summed E-state index contributed by atoms with van der Waals surface area (Å²) in [5, 5.41) is 11.4. The van der Waals surface area contributed by atoms with Gasteiger partial charge in [0.2, 0.25) is 0 Å². The zero-order valence-electron chi connectivity index (χ0n) is 19.6.